The lowest BCUT2D eigenvalue weighted by molar-refractivity contribution is -0.138. The Morgan fingerprint density at radius 1 is 1.20 bits per heavy atom. The lowest BCUT2D eigenvalue weighted by Crippen LogP contribution is -2.44. The molecule has 1 rings (SSSR count). The van der Waals surface area contributed by atoms with E-state index >= 15 is 0 Å². The molecule has 0 unspecified atom stereocenters. The Bertz CT molecular complexity index is 617. The minimum absolute atomic E-state index is 0.0130. The van der Waals surface area contributed by atoms with Crippen LogP contribution in [0.1, 0.15) is 37.6 Å². The van der Waals surface area contributed by atoms with Crippen molar-refractivity contribution in [3.63, 3.8) is 0 Å². The van der Waals surface area contributed by atoms with Crippen LogP contribution in [0.15, 0.2) is 29.2 Å². The summed E-state index contributed by atoms with van der Waals surface area (Å²) in [6.07, 6.45) is -0.336. The molecule has 20 heavy (non-hydrogen) atoms. The third kappa shape index (κ3) is 4.43. The SMILES string of the molecule is CC(=O)c1ccc(S(=O)(=O)NC(C)(C)CC(=O)O)cc1. The fourth-order valence-electron chi connectivity index (χ4n) is 1.71. The quantitative estimate of drug-likeness (QED) is 0.774. The molecule has 0 heterocycles. The van der Waals surface area contributed by atoms with Gasteiger partial charge in [-0.2, -0.15) is 0 Å². The summed E-state index contributed by atoms with van der Waals surface area (Å²) in [6, 6.07) is 5.47. The molecule has 0 saturated heterocycles. The molecule has 2 N–H and O–H groups in total. The van der Waals surface area contributed by atoms with Crippen molar-refractivity contribution >= 4 is 21.8 Å². The van der Waals surface area contributed by atoms with Gasteiger partial charge >= 0.3 is 5.97 Å². The van der Waals surface area contributed by atoms with Crippen molar-refractivity contribution in [2.24, 2.45) is 0 Å². The van der Waals surface area contributed by atoms with Gasteiger partial charge in [0.25, 0.3) is 0 Å². The minimum atomic E-state index is -3.83. The van der Waals surface area contributed by atoms with Gasteiger partial charge in [-0.3, -0.25) is 9.59 Å². The first-order valence-corrected chi connectivity index (χ1v) is 7.39. The van der Waals surface area contributed by atoms with E-state index in [-0.39, 0.29) is 17.1 Å². The van der Waals surface area contributed by atoms with Crippen molar-refractivity contribution in [2.45, 2.75) is 37.6 Å². The Morgan fingerprint density at radius 3 is 2.10 bits per heavy atom. The van der Waals surface area contributed by atoms with Crippen LogP contribution in [0.5, 0.6) is 0 Å². The molecule has 0 spiro atoms. The second kappa shape index (κ2) is 5.72. The average molecular weight is 299 g/mol. The van der Waals surface area contributed by atoms with Crippen LogP contribution in [0.2, 0.25) is 0 Å². The number of carboxylic acids is 1. The number of ketones is 1. The number of benzene rings is 1. The fraction of sp³-hybridized carbons (Fsp3) is 0.385. The first-order valence-electron chi connectivity index (χ1n) is 5.90. The second-order valence-electron chi connectivity index (χ2n) is 5.14. The van der Waals surface area contributed by atoms with E-state index in [0.717, 1.165) is 0 Å². The molecule has 0 amide bonds. The van der Waals surface area contributed by atoms with E-state index in [9.17, 15) is 18.0 Å². The molecule has 0 aromatic heterocycles. The highest BCUT2D eigenvalue weighted by atomic mass is 32.2. The van der Waals surface area contributed by atoms with E-state index in [2.05, 4.69) is 4.72 Å². The van der Waals surface area contributed by atoms with Gasteiger partial charge in [-0.05, 0) is 32.9 Å². The van der Waals surface area contributed by atoms with E-state index in [0.29, 0.717) is 5.56 Å². The summed E-state index contributed by atoms with van der Waals surface area (Å²) in [5.74, 6) is -1.25. The maximum atomic E-state index is 12.1. The smallest absolute Gasteiger partial charge is 0.305 e. The van der Waals surface area contributed by atoms with Crippen LogP contribution < -0.4 is 4.72 Å². The number of rotatable bonds is 6. The van der Waals surface area contributed by atoms with Gasteiger partial charge in [0, 0.05) is 11.1 Å². The number of nitrogens with one attached hydrogen (secondary N) is 1. The molecular weight excluding hydrogens is 282 g/mol. The van der Waals surface area contributed by atoms with Gasteiger partial charge in [-0.15, -0.1) is 0 Å². The van der Waals surface area contributed by atoms with E-state index in [1.165, 1.54) is 45.0 Å². The molecule has 0 saturated carbocycles. The van der Waals surface area contributed by atoms with Gasteiger partial charge in [0.05, 0.1) is 11.3 Å². The predicted octanol–water partition coefficient (Wildman–Crippen LogP) is 1.42. The highest BCUT2D eigenvalue weighted by Crippen LogP contribution is 2.16. The zero-order valence-corrected chi connectivity index (χ0v) is 12.3. The van der Waals surface area contributed by atoms with Crippen LogP contribution in [-0.4, -0.2) is 30.8 Å². The third-order valence-electron chi connectivity index (χ3n) is 2.57. The molecule has 7 heteroatoms. The summed E-state index contributed by atoms with van der Waals surface area (Å²) >= 11 is 0. The Kier molecular flexibility index (Phi) is 4.67. The molecule has 0 aliphatic heterocycles. The predicted molar refractivity (Wildman–Crippen MR) is 73.1 cm³/mol. The summed E-state index contributed by atoms with van der Waals surface area (Å²) < 4.78 is 26.6. The Hall–Kier alpha value is -1.73. The van der Waals surface area contributed by atoms with E-state index in [1.54, 1.807) is 0 Å². The van der Waals surface area contributed by atoms with Gasteiger partial charge in [-0.1, -0.05) is 12.1 Å². The summed E-state index contributed by atoms with van der Waals surface area (Å²) in [7, 11) is -3.83. The van der Waals surface area contributed by atoms with Gasteiger partial charge in [0.1, 0.15) is 0 Å². The molecule has 0 radical (unpaired) electrons. The summed E-state index contributed by atoms with van der Waals surface area (Å²) in [6.45, 7) is 4.36. The zero-order valence-electron chi connectivity index (χ0n) is 11.5. The molecule has 110 valence electrons. The van der Waals surface area contributed by atoms with Gasteiger partial charge in [0.15, 0.2) is 5.78 Å². The summed E-state index contributed by atoms with van der Waals surface area (Å²) in [4.78, 5) is 21.8. The molecule has 1 aromatic rings. The lowest BCUT2D eigenvalue weighted by atomic mass is 10.0. The number of sulfonamides is 1. The van der Waals surface area contributed by atoms with Crippen molar-refractivity contribution in [3.05, 3.63) is 29.8 Å². The largest absolute Gasteiger partial charge is 0.481 e. The van der Waals surface area contributed by atoms with Crippen LogP contribution >= 0.6 is 0 Å². The van der Waals surface area contributed by atoms with Crippen molar-refractivity contribution in [1.29, 1.82) is 0 Å². The van der Waals surface area contributed by atoms with Crippen molar-refractivity contribution in [3.8, 4) is 0 Å². The molecule has 0 aliphatic carbocycles. The molecule has 0 fully saturated rings. The number of carbonyl (C=O) groups is 2. The topological polar surface area (TPSA) is 101 Å². The van der Waals surface area contributed by atoms with E-state index in [4.69, 9.17) is 5.11 Å². The number of hydrogen-bond acceptors (Lipinski definition) is 4. The Balaban J connectivity index is 2.99. The Labute approximate surface area is 117 Å². The highest BCUT2D eigenvalue weighted by Gasteiger charge is 2.28. The van der Waals surface area contributed by atoms with Gasteiger partial charge in [0.2, 0.25) is 10.0 Å². The molecular formula is C13H17NO5S. The molecule has 1 aromatic carbocycles. The van der Waals surface area contributed by atoms with Gasteiger partial charge in [-0.25, -0.2) is 13.1 Å². The summed E-state index contributed by atoms with van der Waals surface area (Å²) in [5, 5.41) is 8.74. The fourth-order valence-corrected chi connectivity index (χ4v) is 3.12. The maximum Gasteiger partial charge on any atom is 0.305 e. The number of carboxylic acid groups (broad SMARTS) is 1. The van der Waals surface area contributed by atoms with Crippen LogP contribution in [0, 0.1) is 0 Å². The maximum absolute atomic E-state index is 12.1. The lowest BCUT2D eigenvalue weighted by Gasteiger charge is -2.23. The Morgan fingerprint density at radius 2 is 1.70 bits per heavy atom. The average Bonchev–Trinajstić information content (AvgIpc) is 2.25. The number of hydrogen-bond donors (Lipinski definition) is 2. The molecule has 0 aliphatic rings. The summed E-state index contributed by atoms with van der Waals surface area (Å²) in [5.41, 5.74) is -0.696. The van der Waals surface area contributed by atoms with Crippen LogP contribution in [0.25, 0.3) is 0 Å². The van der Waals surface area contributed by atoms with Gasteiger partial charge < -0.3 is 5.11 Å². The van der Waals surface area contributed by atoms with Crippen LogP contribution in [0.4, 0.5) is 0 Å². The number of aliphatic carboxylic acids is 1. The first kappa shape index (κ1) is 16.3. The highest BCUT2D eigenvalue weighted by molar-refractivity contribution is 7.89. The number of carbonyl (C=O) groups excluding carboxylic acids is 1. The van der Waals surface area contributed by atoms with E-state index in [1.807, 2.05) is 0 Å². The van der Waals surface area contributed by atoms with Crippen LogP contribution in [-0.2, 0) is 14.8 Å². The zero-order chi connectivity index (χ0) is 15.6. The minimum Gasteiger partial charge on any atom is -0.481 e. The molecule has 0 atom stereocenters. The van der Waals surface area contributed by atoms with Crippen molar-refractivity contribution < 1.29 is 23.1 Å². The normalized spacial score (nSPS) is 12.2. The van der Waals surface area contributed by atoms with Crippen LogP contribution in [0.3, 0.4) is 0 Å². The molecule has 6 nitrogen and oxygen atoms in total. The standard InChI is InChI=1S/C13H17NO5S/c1-9(15)10-4-6-11(7-5-10)20(18,19)14-13(2,3)8-12(16)17/h4-7,14H,8H2,1-3H3,(H,16,17). The monoisotopic (exact) mass is 299 g/mol. The first-order chi connectivity index (χ1) is 9.03. The second-order valence-corrected chi connectivity index (χ2v) is 6.82. The number of Topliss-reactive ketones (excluding diaryl/α,β-unsaturated/α-hetero) is 1. The third-order valence-corrected chi connectivity index (χ3v) is 4.29. The van der Waals surface area contributed by atoms with E-state index < -0.39 is 21.5 Å². The van der Waals surface area contributed by atoms with Crippen molar-refractivity contribution in [1.82, 2.24) is 4.72 Å². The van der Waals surface area contributed by atoms with Crippen molar-refractivity contribution in [2.75, 3.05) is 0 Å². The molecule has 0 bridgehead atoms.